The number of hydrogen-bond acceptors (Lipinski definition) is 7. The number of hydrogen-bond donors (Lipinski definition) is 1. The third kappa shape index (κ3) is 7.15. The Hall–Kier alpha value is -4.17. The summed E-state index contributed by atoms with van der Waals surface area (Å²) in [5.74, 6) is -0.263. The fourth-order valence-corrected chi connectivity index (χ4v) is 3.33. The molecule has 0 aliphatic heterocycles. The normalized spacial score (nSPS) is 11.5. The molecule has 4 rings (SSSR count). The van der Waals surface area contributed by atoms with Crippen LogP contribution in [0.1, 0.15) is 17.0 Å². The Bertz CT molecular complexity index is 1250. The second-order valence-electron chi connectivity index (χ2n) is 7.56. The van der Waals surface area contributed by atoms with Crippen LogP contribution in [0.5, 0.6) is 0 Å². The Morgan fingerprint density at radius 1 is 0.829 bits per heavy atom. The average molecular weight is 492 g/mol. The van der Waals surface area contributed by atoms with Gasteiger partial charge in [0.15, 0.2) is 6.61 Å². The molecular formula is C26H22ClN3O5. The number of carbonyl (C=O) groups is 2. The van der Waals surface area contributed by atoms with Gasteiger partial charge in [-0.05, 0) is 35.4 Å². The molecule has 35 heavy (non-hydrogen) atoms. The van der Waals surface area contributed by atoms with Crippen LogP contribution in [0, 0.1) is 0 Å². The number of nitrogens with one attached hydrogen (secondary N) is 1. The zero-order valence-electron chi connectivity index (χ0n) is 18.6. The molecular weight excluding hydrogens is 470 g/mol. The van der Waals surface area contributed by atoms with E-state index in [4.69, 9.17) is 25.5 Å². The summed E-state index contributed by atoms with van der Waals surface area (Å²) in [7, 11) is 0. The molecule has 178 valence electrons. The zero-order chi connectivity index (χ0) is 24.5. The minimum atomic E-state index is -0.973. The van der Waals surface area contributed by atoms with Crippen LogP contribution in [0.2, 0.25) is 5.02 Å². The molecule has 0 saturated heterocycles. The summed E-state index contributed by atoms with van der Waals surface area (Å²) in [4.78, 5) is 25.2. The standard InChI is InChI=1S/C26H22ClN3O5/c27-21-13-11-20(12-14-21)24-30-29-23(35-24)17-33-25(31)22(15-18-7-3-1-4-8-18)28-26(32)34-16-19-9-5-2-6-10-19/h1-14,22H,15-17H2,(H,28,32)/t22-/m0/s1. The molecule has 3 aromatic carbocycles. The van der Waals surface area contributed by atoms with Gasteiger partial charge in [-0.3, -0.25) is 0 Å². The third-order valence-corrected chi connectivity index (χ3v) is 5.22. The van der Waals surface area contributed by atoms with Crippen molar-refractivity contribution in [2.45, 2.75) is 25.7 Å². The molecule has 0 unspecified atom stereocenters. The SMILES string of the molecule is O=C(N[C@@H](Cc1ccccc1)C(=O)OCc1nnc(-c2ccc(Cl)cc2)o1)OCc1ccccc1. The number of amides is 1. The molecule has 0 spiro atoms. The number of esters is 1. The van der Waals surface area contributed by atoms with E-state index < -0.39 is 18.1 Å². The Labute approximate surface area is 206 Å². The summed E-state index contributed by atoms with van der Waals surface area (Å²) >= 11 is 5.90. The lowest BCUT2D eigenvalue weighted by Gasteiger charge is -2.17. The van der Waals surface area contributed by atoms with Crippen LogP contribution in [-0.2, 0) is 33.9 Å². The second kappa shape index (κ2) is 11.8. The van der Waals surface area contributed by atoms with Gasteiger partial charge >= 0.3 is 12.1 Å². The van der Waals surface area contributed by atoms with Crippen molar-refractivity contribution in [1.82, 2.24) is 15.5 Å². The molecule has 1 amide bonds. The number of benzene rings is 3. The van der Waals surface area contributed by atoms with Crippen molar-refractivity contribution in [3.05, 3.63) is 107 Å². The van der Waals surface area contributed by atoms with Gasteiger partial charge < -0.3 is 19.2 Å². The first kappa shape index (κ1) is 24.0. The van der Waals surface area contributed by atoms with E-state index in [0.717, 1.165) is 11.1 Å². The quantitative estimate of drug-likeness (QED) is 0.329. The first-order valence-corrected chi connectivity index (χ1v) is 11.2. The van der Waals surface area contributed by atoms with Gasteiger partial charge in [-0.15, -0.1) is 10.2 Å². The van der Waals surface area contributed by atoms with Gasteiger partial charge in [-0.1, -0.05) is 72.3 Å². The first-order chi connectivity index (χ1) is 17.1. The second-order valence-corrected chi connectivity index (χ2v) is 8.00. The number of alkyl carbamates (subject to hydrolysis) is 1. The highest BCUT2D eigenvalue weighted by Gasteiger charge is 2.24. The fourth-order valence-electron chi connectivity index (χ4n) is 3.20. The van der Waals surface area contributed by atoms with Gasteiger partial charge in [0.05, 0.1) is 0 Å². The maximum absolute atomic E-state index is 12.8. The summed E-state index contributed by atoms with van der Waals surface area (Å²) in [6.07, 6.45) is -0.505. The average Bonchev–Trinajstić information content (AvgIpc) is 3.36. The lowest BCUT2D eigenvalue weighted by molar-refractivity contribution is -0.148. The first-order valence-electron chi connectivity index (χ1n) is 10.8. The molecule has 1 aromatic heterocycles. The molecule has 1 N–H and O–H groups in total. The van der Waals surface area contributed by atoms with Gasteiger partial charge in [-0.25, -0.2) is 9.59 Å². The van der Waals surface area contributed by atoms with Crippen molar-refractivity contribution < 1.29 is 23.5 Å². The summed E-state index contributed by atoms with van der Waals surface area (Å²) in [5, 5.41) is 11.1. The number of nitrogens with zero attached hydrogens (tertiary/aromatic N) is 2. The molecule has 0 fully saturated rings. The molecule has 1 heterocycles. The number of halogens is 1. The molecule has 0 aliphatic carbocycles. The van der Waals surface area contributed by atoms with Crippen molar-refractivity contribution in [3.8, 4) is 11.5 Å². The van der Waals surface area contributed by atoms with E-state index in [2.05, 4.69) is 15.5 Å². The van der Waals surface area contributed by atoms with Crippen LogP contribution in [0.3, 0.4) is 0 Å². The van der Waals surface area contributed by atoms with E-state index in [1.165, 1.54) is 0 Å². The predicted octanol–water partition coefficient (Wildman–Crippen LogP) is 4.97. The van der Waals surface area contributed by atoms with Gasteiger partial charge in [0, 0.05) is 17.0 Å². The van der Waals surface area contributed by atoms with E-state index in [1.807, 2.05) is 60.7 Å². The van der Waals surface area contributed by atoms with E-state index >= 15 is 0 Å². The number of carbonyl (C=O) groups excluding carboxylic acids is 2. The van der Waals surface area contributed by atoms with Crippen LogP contribution < -0.4 is 5.32 Å². The van der Waals surface area contributed by atoms with E-state index in [1.54, 1.807) is 24.3 Å². The molecule has 4 aromatic rings. The molecule has 0 aliphatic rings. The number of aromatic nitrogens is 2. The van der Waals surface area contributed by atoms with E-state index in [-0.39, 0.29) is 31.4 Å². The highest BCUT2D eigenvalue weighted by Crippen LogP contribution is 2.20. The van der Waals surface area contributed by atoms with Crippen LogP contribution in [-0.4, -0.2) is 28.3 Å². The van der Waals surface area contributed by atoms with Crippen molar-refractivity contribution in [1.29, 1.82) is 0 Å². The van der Waals surface area contributed by atoms with Gasteiger partial charge in [0.25, 0.3) is 5.89 Å². The highest BCUT2D eigenvalue weighted by atomic mass is 35.5. The van der Waals surface area contributed by atoms with Crippen LogP contribution >= 0.6 is 11.6 Å². The van der Waals surface area contributed by atoms with Crippen molar-refractivity contribution in [2.24, 2.45) is 0 Å². The van der Waals surface area contributed by atoms with Crippen molar-refractivity contribution >= 4 is 23.7 Å². The summed E-state index contributed by atoms with van der Waals surface area (Å²) in [5.41, 5.74) is 2.36. The van der Waals surface area contributed by atoms with Crippen molar-refractivity contribution in [2.75, 3.05) is 0 Å². The van der Waals surface area contributed by atoms with E-state index in [9.17, 15) is 9.59 Å². The van der Waals surface area contributed by atoms with Crippen LogP contribution in [0.15, 0.2) is 89.3 Å². The fraction of sp³-hybridized carbons (Fsp3) is 0.154. The van der Waals surface area contributed by atoms with Gasteiger partial charge in [0.1, 0.15) is 12.6 Å². The predicted molar refractivity (Wildman–Crippen MR) is 128 cm³/mol. The van der Waals surface area contributed by atoms with E-state index in [0.29, 0.717) is 10.6 Å². The van der Waals surface area contributed by atoms with Crippen LogP contribution in [0.4, 0.5) is 4.79 Å². The minimum absolute atomic E-state index is 0.0786. The monoisotopic (exact) mass is 491 g/mol. The summed E-state index contributed by atoms with van der Waals surface area (Å²) in [6, 6.07) is 24.4. The highest BCUT2D eigenvalue weighted by molar-refractivity contribution is 6.30. The third-order valence-electron chi connectivity index (χ3n) is 4.97. The van der Waals surface area contributed by atoms with Crippen molar-refractivity contribution in [3.63, 3.8) is 0 Å². The lowest BCUT2D eigenvalue weighted by Crippen LogP contribution is -2.43. The molecule has 0 bridgehead atoms. The number of ether oxygens (including phenoxy) is 2. The Balaban J connectivity index is 1.37. The minimum Gasteiger partial charge on any atom is -0.454 e. The largest absolute Gasteiger partial charge is 0.454 e. The van der Waals surface area contributed by atoms with Gasteiger partial charge in [0.2, 0.25) is 5.89 Å². The Morgan fingerprint density at radius 3 is 2.17 bits per heavy atom. The summed E-state index contributed by atoms with van der Waals surface area (Å²) < 4.78 is 16.2. The number of rotatable bonds is 9. The topological polar surface area (TPSA) is 104 Å². The molecule has 1 atom stereocenters. The maximum Gasteiger partial charge on any atom is 0.408 e. The Morgan fingerprint density at radius 2 is 1.49 bits per heavy atom. The zero-order valence-corrected chi connectivity index (χ0v) is 19.4. The molecule has 9 heteroatoms. The van der Waals surface area contributed by atoms with Gasteiger partial charge in [-0.2, -0.15) is 0 Å². The summed E-state index contributed by atoms with van der Waals surface area (Å²) in [6.45, 7) is -0.166. The van der Waals surface area contributed by atoms with Crippen LogP contribution in [0.25, 0.3) is 11.5 Å². The molecule has 0 radical (unpaired) electrons. The molecule has 8 nitrogen and oxygen atoms in total. The maximum atomic E-state index is 12.8. The lowest BCUT2D eigenvalue weighted by atomic mass is 10.1. The Kier molecular flexibility index (Phi) is 8.08. The molecule has 0 saturated carbocycles. The smallest absolute Gasteiger partial charge is 0.408 e.